The second kappa shape index (κ2) is 13.4. The Kier molecular flexibility index (Phi) is 9.17. The van der Waals surface area contributed by atoms with E-state index in [2.05, 4.69) is 10.6 Å². The first-order valence-corrected chi connectivity index (χ1v) is 14.2. The smallest absolute Gasteiger partial charge is 0.409 e. The van der Waals surface area contributed by atoms with Crippen LogP contribution < -0.4 is 25.0 Å². The van der Waals surface area contributed by atoms with Gasteiger partial charge in [-0.25, -0.2) is 4.79 Å². The Morgan fingerprint density at radius 2 is 1.61 bits per heavy atom. The molecule has 0 bridgehead atoms. The van der Waals surface area contributed by atoms with E-state index < -0.39 is 29.9 Å². The number of carbonyl (C=O) groups excluding carboxylic acids is 3. The molecular weight excluding hydrogens is 568 g/mol. The molecule has 2 heterocycles. The van der Waals surface area contributed by atoms with Crippen LogP contribution in [-0.4, -0.2) is 74.0 Å². The van der Waals surface area contributed by atoms with Crippen LogP contribution in [0.4, 0.5) is 16.2 Å². The average molecular weight is 603 g/mol. The zero-order chi connectivity index (χ0) is 31.2. The molecule has 0 spiro atoms. The number of carboxylic acid groups (broad SMARTS) is 1. The van der Waals surface area contributed by atoms with Gasteiger partial charge in [0.1, 0.15) is 0 Å². The highest BCUT2D eigenvalue weighted by atomic mass is 16.7. The molecule has 1 unspecified atom stereocenters. The second-order valence-corrected chi connectivity index (χ2v) is 10.6. The summed E-state index contributed by atoms with van der Waals surface area (Å²) in [7, 11) is 1.35. The number of benzene rings is 3. The summed E-state index contributed by atoms with van der Waals surface area (Å²) in [6.45, 7) is 4.00. The Bertz CT molecular complexity index is 1560. The minimum atomic E-state index is -1.05. The molecule has 2 aliphatic rings. The summed E-state index contributed by atoms with van der Waals surface area (Å²) in [6, 6.07) is 16.4. The molecule has 0 aliphatic carbocycles. The van der Waals surface area contributed by atoms with Crippen molar-refractivity contribution in [3.63, 3.8) is 0 Å². The van der Waals surface area contributed by atoms with E-state index in [-0.39, 0.29) is 18.8 Å². The Labute approximate surface area is 254 Å². The van der Waals surface area contributed by atoms with Crippen LogP contribution in [0, 0.1) is 6.92 Å². The summed E-state index contributed by atoms with van der Waals surface area (Å²) >= 11 is 0. The van der Waals surface area contributed by atoms with Crippen LogP contribution in [0.15, 0.2) is 60.7 Å². The maximum Gasteiger partial charge on any atom is 0.409 e. The monoisotopic (exact) mass is 602 g/mol. The van der Waals surface area contributed by atoms with Crippen molar-refractivity contribution in [3.05, 3.63) is 82.9 Å². The summed E-state index contributed by atoms with van der Waals surface area (Å²) in [5, 5.41) is 15.3. The first-order chi connectivity index (χ1) is 21.2. The van der Waals surface area contributed by atoms with Crippen LogP contribution in [-0.2, 0) is 9.53 Å². The number of nitrogens with one attached hydrogen (secondary N) is 2. The second-order valence-electron chi connectivity index (χ2n) is 10.6. The maximum atomic E-state index is 13.5. The fourth-order valence-corrected chi connectivity index (χ4v) is 5.22. The van der Waals surface area contributed by atoms with Crippen LogP contribution in [0.25, 0.3) is 0 Å². The molecule has 3 aromatic carbocycles. The van der Waals surface area contributed by atoms with Gasteiger partial charge in [-0.2, -0.15) is 0 Å². The van der Waals surface area contributed by atoms with E-state index >= 15 is 0 Å². The van der Waals surface area contributed by atoms with Crippen molar-refractivity contribution in [1.29, 1.82) is 0 Å². The summed E-state index contributed by atoms with van der Waals surface area (Å²) in [5.41, 5.74) is 3.31. The number of nitrogens with zero attached hydrogens (tertiary/aromatic N) is 2. The Morgan fingerprint density at radius 3 is 2.36 bits per heavy atom. The number of ether oxygens (including phenoxy) is 3. The zero-order valence-corrected chi connectivity index (χ0v) is 24.5. The summed E-state index contributed by atoms with van der Waals surface area (Å²) in [6.07, 6.45) is -0.0366. The number of aryl methyl sites for hydroxylation is 1. The minimum Gasteiger partial charge on any atom is -0.481 e. The SMILES string of the molecule is COC(=O)N1CCCN(c2ccc(C(=O)NC(CC(=O)O)c3ccc(C)cc3)cc2NC(=O)c2ccc3c(c2)OCO3)CC1. The van der Waals surface area contributed by atoms with Crippen LogP contribution in [0.5, 0.6) is 11.5 Å². The minimum absolute atomic E-state index is 0.0741. The van der Waals surface area contributed by atoms with Crippen LogP contribution >= 0.6 is 0 Å². The molecule has 3 aromatic rings. The van der Waals surface area contributed by atoms with Gasteiger partial charge in [-0.15, -0.1) is 0 Å². The van der Waals surface area contributed by atoms with Crippen molar-refractivity contribution in [1.82, 2.24) is 10.2 Å². The van der Waals surface area contributed by atoms with Gasteiger partial charge in [0, 0.05) is 37.3 Å². The molecule has 1 saturated heterocycles. The van der Waals surface area contributed by atoms with Gasteiger partial charge in [0.05, 0.1) is 30.9 Å². The molecule has 3 amide bonds. The summed E-state index contributed by atoms with van der Waals surface area (Å²) < 4.78 is 15.7. The third-order valence-corrected chi connectivity index (χ3v) is 7.57. The third kappa shape index (κ3) is 7.02. The molecule has 0 saturated carbocycles. The topological polar surface area (TPSA) is 147 Å². The zero-order valence-electron chi connectivity index (χ0n) is 24.5. The predicted octanol–water partition coefficient (Wildman–Crippen LogP) is 4.20. The number of fused-ring (bicyclic) bond motifs is 1. The van der Waals surface area contributed by atoms with E-state index in [4.69, 9.17) is 14.2 Å². The van der Waals surface area contributed by atoms with Crippen molar-refractivity contribution in [2.24, 2.45) is 0 Å². The molecule has 5 rings (SSSR count). The number of aliphatic carboxylic acids is 1. The summed E-state index contributed by atoms with van der Waals surface area (Å²) in [5.74, 6) is -0.955. The number of anilines is 2. The lowest BCUT2D eigenvalue weighted by molar-refractivity contribution is -0.137. The fourth-order valence-electron chi connectivity index (χ4n) is 5.22. The highest BCUT2D eigenvalue weighted by molar-refractivity contribution is 6.07. The Balaban J connectivity index is 1.43. The Morgan fingerprint density at radius 1 is 0.886 bits per heavy atom. The van der Waals surface area contributed by atoms with Crippen molar-refractivity contribution in [2.75, 3.05) is 50.3 Å². The molecule has 0 aromatic heterocycles. The number of hydrogen-bond acceptors (Lipinski definition) is 8. The molecule has 12 heteroatoms. The third-order valence-electron chi connectivity index (χ3n) is 7.57. The van der Waals surface area contributed by atoms with E-state index in [0.717, 1.165) is 5.56 Å². The normalized spacial score (nSPS) is 14.8. The quantitative estimate of drug-likeness (QED) is 0.345. The summed E-state index contributed by atoms with van der Waals surface area (Å²) in [4.78, 5) is 54.3. The van der Waals surface area contributed by atoms with E-state index in [1.165, 1.54) is 7.11 Å². The van der Waals surface area contributed by atoms with Gasteiger partial charge in [0.2, 0.25) is 6.79 Å². The number of carboxylic acids is 1. The van der Waals surface area contributed by atoms with Crippen LogP contribution in [0.1, 0.15) is 50.7 Å². The Hall–Kier alpha value is -5.26. The molecule has 230 valence electrons. The van der Waals surface area contributed by atoms with Crippen molar-refractivity contribution in [3.8, 4) is 11.5 Å². The molecule has 12 nitrogen and oxygen atoms in total. The standard InChI is InChI=1S/C32H34N4O8/c1-20-4-6-21(7-5-20)24(18-29(37)38)33-30(39)22-8-10-26(35-12-3-13-36(15-14-35)32(41)42-2)25(16-22)34-31(40)23-9-11-27-28(17-23)44-19-43-27/h4-11,16-17,24H,3,12-15,18-19H2,1-2H3,(H,33,39)(H,34,40)(H,37,38). The van der Waals surface area contributed by atoms with Crippen molar-refractivity contribution in [2.45, 2.75) is 25.8 Å². The number of amides is 3. The van der Waals surface area contributed by atoms with Crippen molar-refractivity contribution >= 4 is 35.3 Å². The molecule has 44 heavy (non-hydrogen) atoms. The molecule has 1 atom stereocenters. The molecule has 2 aliphatic heterocycles. The van der Waals surface area contributed by atoms with E-state index in [1.54, 1.807) is 53.4 Å². The predicted molar refractivity (Wildman–Crippen MR) is 161 cm³/mol. The van der Waals surface area contributed by atoms with E-state index in [0.29, 0.717) is 66.6 Å². The highest BCUT2D eigenvalue weighted by Crippen LogP contribution is 2.34. The van der Waals surface area contributed by atoms with Gasteiger partial charge >= 0.3 is 12.1 Å². The largest absolute Gasteiger partial charge is 0.481 e. The van der Waals surface area contributed by atoms with Gasteiger partial charge in [-0.1, -0.05) is 29.8 Å². The molecule has 0 radical (unpaired) electrons. The van der Waals surface area contributed by atoms with E-state index in [1.807, 2.05) is 24.0 Å². The lowest BCUT2D eigenvalue weighted by Gasteiger charge is -2.26. The first-order valence-electron chi connectivity index (χ1n) is 14.2. The molecule has 3 N–H and O–H groups in total. The average Bonchev–Trinajstić information content (AvgIpc) is 3.35. The van der Waals surface area contributed by atoms with Gasteiger partial charge in [0.25, 0.3) is 11.8 Å². The molecule has 1 fully saturated rings. The van der Waals surface area contributed by atoms with E-state index in [9.17, 15) is 24.3 Å². The number of methoxy groups -OCH3 is 1. The number of carbonyl (C=O) groups is 4. The van der Waals surface area contributed by atoms with Gasteiger partial charge in [0.15, 0.2) is 11.5 Å². The maximum absolute atomic E-state index is 13.5. The lowest BCUT2D eigenvalue weighted by Crippen LogP contribution is -2.35. The number of hydrogen-bond donors (Lipinski definition) is 3. The van der Waals surface area contributed by atoms with Crippen molar-refractivity contribution < 1.29 is 38.5 Å². The van der Waals surface area contributed by atoms with Crippen LogP contribution in [0.3, 0.4) is 0 Å². The van der Waals surface area contributed by atoms with Gasteiger partial charge in [-0.3, -0.25) is 14.4 Å². The van der Waals surface area contributed by atoms with Gasteiger partial charge < -0.3 is 39.8 Å². The van der Waals surface area contributed by atoms with Crippen LogP contribution in [0.2, 0.25) is 0 Å². The first kappa shape index (κ1) is 30.2. The van der Waals surface area contributed by atoms with Gasteiger partial charge in [-0.05, 0) is 55.3 Å². The fraction of sp³-hybridized carbons (Fsp3) is 0.312. The lowest BCUT2D eigenvalue weighted by atomic mass is 10.0. The highest BCUT2D eigenvalue weighted by Gasteiger charge is 2.25. The molecular formula is C32H34N4O8. The number of rotatable bonds is 8.